The highest BCUT2D eigenvalue weighted by Gasteiger charge is 3.03. The molecule has 1 atom stereocenters. The van der Waals surface area contributed by atoms with Crippen LogP contribution in [0.2, 0.25) is 0 Å². The monoisotopic (exact) mass is 1000 g/mol. The Balaban J connectivity index is 8.46. The summed E-state index contributed by atoms with van der Waals surface area (Å²) in [6, 6.07) is 0. The van der Waals surface area contributed by atoms with Crippen molar-refractivity contribution in [1.29, 1.82) is 0 Å². The number of carbonyl (C=O) groups is 1. The van der Waals surface area contributed by atoms with Gasteiger partial charge in [0, 0.05) is 5.57 Å². The molecule has 1 unspecified atom stereocenters. The van der Waals surface area contributed by atoms with Crippen molar-refractivity contribution < 1.29 is 172 Å². The first-order chi connectivity index (χ1) is 25.6. The fourth-order valence-corrected chi connectivity index (χ4v) is 3.63. The second kappa shape index (κ2) is 14.1. The third-order valence-electron chi connectivity index (χ3n) is 7.30. The Morgan fingerprint density at radius 2 is 0.475 bits per heavy atom. The van der Waals surface area contributed by atoms with Crippen LogP contribution in [-0.4, -0.2) is 113 Å². The van der Waals surface area contributed by atoms with Crippen LogP contribution in [0.1, 0.15) is 6.92 Å². The number of esters is 1. The van der Waals surface area contributed by atoms with Crippen LogP contribution in [0.4, 0.5) is 162 Å². The van der Waals surface area contributed by atoms with Crippen LogP contribution in [0.5, 0.6) is 0 Å². The second-order valence-electron chi connectivity index (χ2n) is 11.4. The van der Waals surface area contributed by atoms with E-state index in [1.807, 2.05) is 6.58 Å². The Hall–Kier alpha value is -3.38. The van der Waals surface area contributed by atoms with E-state index in [1.54, 1.807) is 4.74 Å². The number of alkyl halides is 37. The lowest BCUT2D eigenvalue weighted by atomic mass is 9.80. The fourth-order valence-electron chi connectivity index (χ4n) is 3.63. The van der Waals surface area contributed by atoms with Gasteiger partial charge in [-0.25, -0.2) is 9.18 Å². The largest absolute Gasteiger partial charge is 0.460 e. The maximum absolute atomic E-state index is 15.2. The summed E-state index contributed by atoms with van der Waals surface area (Å²) >= 11 is 0. The highest BCUT2D eigenvalue weighted by atomic mass is 19.5. The number of hydrogen-bond acceptors (Lipinski definition) is 2. The van der Waals surface area contributed by atoms with E-state index in [-0.39, 0.29) is 0 Å². The average Bonchev–Trinajstić information content (AvgIpc) is 3.00. The Labute approximate surface area is 305 Å². The van der Waals surface area contributed by atoms with Crippen molar-refractivity contribution in [2.24, 2.45) is 0 Å². The molecular weight excluding hydrogens is 999 g/mol. The summed E-state index contributed by atoms with van der Waals surface area (Å²) in [5.41, 5.74) is -11.9. The van der Waals surface area contributed by atoms with Crippen LogP contribution in [0.15, 0.2) is 12.2 Å². The molecule has 0 rings (SSSR count). The van der Waals surface area contributed by atoms with E-state index >= 15 is 4.39 Å². The predicted molar refractivity (Wildman–Crippen MR) is 111 cm³/mol. The van der Waals surface area contributed by atoms with Crippen molar-refractivity contribution in [3.05, 3.63) is 12.2 Å². The second-order valence-corrected chi connectivity index (χ2v) is 11.4. The van der Waals surface area contributed by atoms with Gasteiger partial charge >= 0.3 is 113 Å². The SMILES string of the molecule is C=C(C)C(=O)OC(F)(C(F)(F)C(F)(F)C(F)(F)C(F)(F)C(F)(F)F)C(F)(F)C(F)(F)C(F)(F)C(F)(F)C(F)(F)C(F)(F)C(F)(F)C(F)(F)C(F)(F)C(F)(C(F)(F)F)C(F)(F)F. The molecule has 0 bridgehead atoms. The molecule has 0 amide bonds. The molecule has 0 spiro atoms. The molecule has 2 nitrogen and oxygen atoms in total. The maximum atomic E-state index is 15.2. The van der Waals surface area contributed by atoms with Crippen molar-refractivity contribution in [2.45, 2.75) is 114 Å². The van der Waals surface area contributed by atoms with Gasteiger partial charge in [0.15, 0.2) is 0 Å². The molecule has 0 aliphatic rings. The zero-order valence-electron chi connectivity index (χ0n) is 26.5. The summed E-state index contributed by atoms with van der Waals surface area (Å²) < 4.78 is 508. The molecular formula is C22H5F37O2. The summed E-state index contributed by atoms with van der Waals surface area (Å²) in [7, 11) is 0. The van der Waals surface area contributed by atoms with Gasteiger partial charge in [-0.15, -0.1) is 0 Å². The normalized spacial score (nSPS) is 17.6. The number of carbonyl (C=O) groups excluding carboxylic acids is 1. The van der Waals surface area contributed by atoms with Crippen molar-refractivity contribution in [2.75, 3.05) is 0 Å². The molecule has 61 heavy (non-hydrogen) atoms. The Kier molecular flexibility index (Phi) is 13.3. The quantitative estimate of drug-likeness (QED) is 0.0875. The van der Waals surface area contributed by atoms with Crippen LogP contribution in [0, 0.1) is 0 Å². The minimum Gasteiger partial charge on any atom is -0.413 e. The molecule has 0 fully saturated rings. The zero-order chi connectivity index (χ0) is 50.9. The summed E-state index contributed by atoms with van der Waals surface area (Å²) in [5, 5.41) is 0. The first kappa shape index (κ1) is 57.6. The predicted octanol–water partition coefficient (Wildman–Crippen LogP) is 12.4. The summed E-state index contributed by atoms with van der Waals surface area (Å²) in [6.45, 7) is 1.45. The van der Waals surface area contributed by atoms with Gasteiger partial charge in [0.1, 0.15) is 0 Å². The van der Waals surface area contributed by atoms with Gasteiger partial charge in [-0.05, 0) is 6.92 Å². The Morgan fingerprint density at radius 1 is 0.295 bits per heavy atom. The summed E-state index contributed by atoms with van der Waals surface area (Å²) in [6.07, 6.45) is -26.4. The highest BCUT2D eigenvalue weighted by Crippen LogP contribution is 2.71. The summed E-state index contributed by atoms with van der Waals surface area (Å²) in [5.74, 6) is -145. The van der Waals surface area contributed by atoms with Gasteiger partial charge in [-0.3, -0.25) is 0 Å². The molecule has 0 heterocycles. The molecule has 0 aromatic carbocycles. The molecule has 0 aromatic heterocycles. The van der Waals surface area contributed by atoms with Crippen molar-refractivity contribution >= 4 is 5.97 Å². The smallest absolute Gasteiger partial charge is 0.413 e. The van der Waals surface area contributed by atoms with Crippen LogP contribution in [0.25, 0.3) is 0 Å². The number of ether oxygens (including phenoxy) is 1. The topological polar surface area (TPSA) is 26.3 Å². The third-order valence-corrected chi connectivity index (χ3v) is 7.30. The molecule has 0 saturated carbocycles. The van der Waals surface area contributed by atoms with Gasteiger partial charge in [0.05, 0.1) is 0 Å². The van der Waals surface area contributed by atoms with E-state index in [1.165, 1.54) is 0 Å². The van der Waals surface area contributed by atoms with E-state index in [0.717, 1.165) is 0 Å². The lowest BCUT2D eigenvalue weighted by Gasteiger charge is -2.48. The van der Waals surface area contributed by atoms with E-state index in [0.29, 0.717) is 0 Å². The first-order valence-electron chi connectivity index (χ1n) is 13.0. The number of halogens is 37. The van der Waals surface area contributed by atoms with Crippen molar-refractivity contribution in [3.63, 3.8) is 0 Å². The molecule has 0 aliphatic carbocycles. The molecule has 0 aromatic rings. The van der Waals surface area contributed by atoms with Crippen molar-refractivity contribution in [3.8, 4) is 0 Å². The van der Waals surface area contributed by atoms with E-state index in [4.69, 9.17) is 0 Å². The molecule has 0 saturated heterocycles. The van der Waals surface area contributed by atoms with Gasteiger partial charge < -0.3 is 4.74 Å². The number of rotatable bonds is 16. The third kappa shape index (κ3) is 6.71. The van der Waals surface area contributed by atoms with Gasteiger partial charge in [0.2, 0.25) is 0 Å². The summed E-state index contributed by atoms with van der Waals surface area (Å²) in [4.78, 5) is 11.4. The van der Waals surface area contributed by atoms with Crippen LogP contribution < -0.4 is 0 Å². The van der Waals surface area contributed by atoms with E-state index < -0.39 is 126 Å². The number of hydrogen-bond donors (Lipinski definition) is 0. The fraction of sp³-hybridized carbons (Fsp3) is 0.864. The van der Waals surface area contributed by atoms with E-state index in [9.17, 15) is 163 Å². The van der Waals surface area contributed by atoms with Crippen LogP contribution in [0.3, 0.4) is 0 Å². The minimum absolute atomic E-state index is 0.441. The minimum atomic E-state index is -10.5. The zero-order valence-corrected chi connectivity index (χ0v) is 26.5. The Bertz CT molecular complexity index is 1640. The lowest BCUT2D eigenvalue weighted by molar-refractivity contribution is -0.501. The van der Waals surface area contributed by atoms with Gasteiger partial charge in [-0.1, -0.05) is 6.58 Å². The van der Waals surface area contributed by atoms with Gasteiger partial charge in [0.25, 0.3) is 0 Å². The molecule has 364 valence electrons. The molecule has 0 radical (unpaired) electrons. The van der Waals surface area contributed by atoms with Gasteiger partial charge in [-0.2, -0.15) is 158 Å². The molecule has 0 aliphatic heterocycles. The van der Waals surface area contributed by atoms with Crippen LogP contribution in [-0.2, 0) is 9.53 Å². The lowest BCUT2D eigenvalue weighted by Crippen LogP contribution is -2.81. The van der Waals surface area contributed by atoms with E-state index in [2.05, 4.69) is 0 Å². The Morgan fingerprint density at radius 3 is 0.656 bits per heavy atom. The van der Waals surface area contributed by atoms with Crippen molar-refractivity contribution in [1.82, 2.24) is 0 Å². The van der Waals surface area contributed by atoms with Crippen LogP contribution >= 0.6 is 0 Å². The molecule has 39 heteroatoms. The highest BCUT2D eigenvalue weighted by molar-refractivity contribution is 5.87. The maximum Gasteiger partial charge on any atom is 0.460 e. The average molecular weight is 1000 g/mol. The first-order valence-corrected chi connectivity index (χ1v) is 13.0. The standard InChI is InChI=1S/C22H5F37O2/c1-3(2)4(60)61-19(50,17(46,47)14(40,41)15(42,43)18(48,49)22(57,58)59)16(44,45)13(38,39)12(36,37)11(34,35)10(32,33)9(30,31)8(28,29)7(26,27)6(24,25)5(23,20(51,52)53)21(54,55)56/h1H2,2H3. The molecule has 0 N–H and O–H groups in total.